The van der Waals surface area contributed by atoms with Gasteiger partial charge >= 0.3 is 11.8 Å². The van der Waals surface area contributed by atoms with Gasteiger partial charge < -0.3 is 15.5 Å². The lowest BCUT2D eigenvalue weighted by atomic mass is 10.1. The van der Waals surface area contributed by atoms with Crippen LogP contribution in [0, 0.1) is 0 Å². The topological polar surface area (TPSA) is 61.4 Å². The van der Waals surface area contributed by atoms with Crippen molar-refractivity contribution in [3.05, 3.63) is 29.8 Å². The van der Waals surface area contributed by atoms with Crippen molar-refractivity contribution in [2.45, 2.75) is 39.2 Å². The first-order valence-corrected chi connectivity index (χ1v) is 7.99. The predicted octanol–water partition coefficient (Wildman–Crippen LogP) is 1.47. The molecule has 1 heterocycles. The SMILES string of the molecule is CC(C)NC(=O)C(=O)NCCc1ccc(N2CCCC2)cc1. The minimum atomic E-state index is -0.570. The van der Waals surface area contributed by atoms with Gasteiger partial charge in [-0.3, -0.25) is 9.59 Å². The highest BCUT2D eigenvalue weighted by Crippen LogP contribution is 2.20. The third kappa shape index (κ3) is 4.76. The molecule has 0 bridgehead atoms. The maximum atomic E-state index is 11.6. The Bertz CT molecular complexity index is 505. The highest BCUT2D eigenvalue weighted by Gasteiger charge is 2.14. The molecule has 5 nitrogen and oxygen atoms in total. The molecule has 2 N–H and O–H groups in total. The molecule has 1 aromatic rings. The van der Waals surface area contributed by atoms with Crippen LogP contribution >= 0.6 is 0 Å². The Hall–Kier alpha value is -2.04. The van der Waals surface area contributed by atoms with E-state index in [4.69, 9.17) is 0 Å². The number of carbonyl (C=O) groups is 2. The molecule has 1 aliphatic rings. The van der Waals surface area contributed by atoms with Gasteiger partial charge in [0.1, 0.15) is 0 Å². The van der Waals surface area contributed by atoms with Crippen LogP contribution in [0.2, 0.25) is 0 Å². The molecule has 0 aromatic heterocycles. The quantitative estimate of drug-likeness (QED) is 0.810. The standard InChI is InChI=1S/C17H25N3O2/c1-13(2)19-17(22)16(21)18-10-9-14-5-7-15(8-6-14)20-11-3-4-12-20/h5-8,13H,3-4,9-12H2,1-2H3,(H,18,21)(H,19,22). The summed E-state index contributed by atoms with van der Waals surface area (Å²) in [4.78, 5) is 25.4. The van der Waals surface area contributed by atoms with Crippen molar-refractivity contribution in [1.82, 2.24) is 10.6 Å². The second kappa shape index (κ2) is 7.82. The first-order valence-electron chi connectivity index (χ1n) is 7.99. The number of nitrogens with zero attached hydrogens (tertiary/aromatic N) is 1. The van der Waals surface area contributed by atoms with Gasteiger partial charge in [0.25, 0.3) is 0 Å². The Morgan fingerprint density at radius 3 is 2.32 bits per heavy atom. The molecule has 0 atom stereocenters. The molecule has 0 saturated carbocycles. The predicted molar refractivity (Wildman–Crippen MR) is 87.9 cm³/mol. The van der Waals surface area contributed by atoms with Crippen LogP contribution in [0.1, 0.15) is 32.3 Å². The minimum Gasteiger partial charge on any atom is -0.372 e. The normalized spacial score (nSPS) is 14.2. The lowest BCUT2D eigenvalue weighted by Gasteiger charge is -2.17. The van der Waals surface area contributed by atoms with Gasteiger partial charge in [-0.05, 0) is 50.8 Å². The highest BCUT2D eigenvalue weighted by atomic mass is 16.2. The van der Waals surface area contributed by atoms with E-state index in [9.17, 15) is 9.59 Å². The number of amides is 2. The van der Waals surface area contributed by atoms with Crippen molar-refractivity contribution in [2.75, 3.05) is 24.5 Å². The third-order valence-electron chi connectivity index (χ3n) is 3.73. The number of hydrogen-bond donors (Lipinski definition) is 2. The van der Waals surface area contributed by atoms with Crippen molar-refractivity contribution < 1.29 is 9.59 Å². The molecular formula is C17H25N3O2. The van der Waals surface area contributed by atoms with Gasteiger partial charge in [0.15, 0.2) is 0 Å². The summed E-state index contributed by atoms with van der Waals surface area (Å²) < 4.78 is 0. The summed E-state index contributed by atoms with van der Waals surface area (Å²) in [7, 11) is 0. The van der Waals surface area contributed by atoms with Crippen LogP contribution < -0.4 is 15.5 Å². The van der Waals surface area contributed by atoms with E-state index < -0.39 is 11.8 Å². The molecule has 1 fully saturated rings. The fourth-order valence-corrected chi connectivity index (χ4v) is 2.58. The van der Waals surface area contributed by atoms with Gasteiger partial charge in [-0.1, -0.05) is 12.1 Å². The molecule has 120 valence electrons. The lowest BCUT2D eigenvalue weighted by Crippen LogP contribution is -2.43. The van der Waals surface area contributed by atoms with Gasteiger partial charge in [0.2, 0.25) is 0 Å². The molecule has 1 aliphatic heterocycles. The van der Waals surface area contributed by atoms with Crippen molar-refractivity contribution in [3.63, 3.8) is 0 Å². The number of carbonyl (C=O) groups excluding carboxylic acids is 2. The van der Waals surface area contributed by atoms with E-state index in [1.807, 2.05) is 13.8 Å². The van der Waals surface area contributed by atoms with Crippen molar-refractivity contribution in [2.24, 2.45) is 0 Å². The van der Waals surface area contributed by atoms with Gasteiger partial charge in [0.05, 0.1) is 0 Å². The van der Waals surface area contributed by atoms with E-state index in [2.05, 4.69) is 39.8 Å². The van der Waals surface area contributed by atoms with E-state index in [0.29, 0.717) is 6.54 Å². The van der Waals surface area contributed by atoms with Crippen molar-refractivity contribution in [3.8, 4) is 0 Å². The Labute approximate surface area is 132 Å². The fraction of sp³-hybridized carbons (Fsp3) is 0.529. The van der Waals surface area contributed by atoms with Gasteiger partial charge in [-0.2, -0.15) is 0 Å². The van der Waals surface area contributed by atoms with Crippen molar-refractivity contribution >= 4 is 17.5 Å². The molecular weight excluding hydrogens is 278 g/mol. The summed E-state index contributed by atoms with van der Waals surface area (Å²) in [6, 6.07) is 8.42. The van der Waals surface area contributed by atoms with Gasteiger partial charge in [0, 0.05) is 31.4 Å². The highest BCUT2D eigenvalue weighted by molar-refractivity contribution is 6.35. The van der Waals surface area contributed by atoms with Crippen molar-refractivity contribution in [1.29, 1.82) is 0 Å². The number of benzene rings is 1. The second-order valence-electron chi connectivity index (χ2n) is 5.99. The van der Waals surface area contributed by atoms with E-state index in [0.717, 1.165) is 25.1 Å². The maximum absolute atomic E-state index is 11.6. The molecule has 0 unspecified atom stereocenters. The molecule has 0 radical (unpaired) electrons. The monoisotopic (exact) mass is 303 g/mol. The molecule has 1 aromatic carbocycles. The molecule has 2 amide bonds. The largest absolute Gasteiger partial charge is 0.372 e. The summed E-state index contributed by atoms with van der Waals surface area (Å²) in [5.41, 5.74) is 2.43. The summed E-state index contributed by atoms with van der Waals surface area (Å²) in [5, 5.41) is 5.22. The van der Waals surface area contributed by atoms with Crippen LogP contribution in [0.3, 0.4) is 0 Å². The second-order valence-corrected chi connectivity index (χ2v) is 5.99. The lowest BCUT2D eigenvalue weighted by molar-refractivity contribution is -0.139. The zero-order chi connectivity index (χ0) is 15.9. The number of nitrogens with one attached hydrogen (secondary N) is 2. The van der Waals surface area contributed by atoms with E-state index >= 15 is 0 Å². The van der Waals surface area contributed by atoms with Crippen LogP contribution in [0.4, 0.5) is 5.69 Å². The third-order valence-corrected chi connectivity index (χ3v) is 3.73. The minimum absolute atomic E-state index is 0.0311. The number of rotatable bonds is 5. The van der Waals surface area contributed by atoms with E-state index in [1.54, 1.807) is 0 Å². The van der Waals surface area contributed by atoms with Crippen LogP contribution in [0.15, 0.2) is 24.3 Å². The zero-order valence-corrected chi connectivity index (χ0v) is 13.4. The van der Waals surface area contributed by atoms with Gasteiger partial charge in [-0.15, -0.1) is 0 Å². The smallest absolute Gasteiger partial charge is 0.309 e. The molecule has 2 rings (SSSR count). The molecule has 22 heavy (non-hydrogen) atoms. The summed E-state index contributed by atoms with van der Waals surface area (Å²) in [6.07, 6.45) is 3.26. The Morgan fingerprint density at radius 1 is 1.09 bits per heavy atom. The summed E-state index contributed by atoms with van der Waals surface area (Å²) in [6.45, 7) is 6.40. The summed E-state index contributed by atoms with van der Waals surface area (Å²) >= 11 is 0. The molecule has 5 heteroatoms. The fourth-order valence-electron chi connectivity index (χ4n) is 2.58. The average Bonchev–Trinajstić information content (AvgIpc) is 3.01. The number of anilines is 1. The van der Waals surface area contributed by atoms with E-state index in [1.165, 1.54) is 18.5 Å². The van der Waals surface area contributed by atoms with Crippen LogP contribution in [0.25, 0.3) is 0 Å². The Kier molecular flexibility index (Phi) is 5.81. The molecule has 1 saturated heterocycles. The Balaban J connectivity index is 1.75. The first kappa shape index (κ1) is 16.3. The van der Waals surface area contributed by atoms with Crippen LogP contribution in [0.5, 0.6) is 0 Å². The molecule has 0 spiro atoms. The Morgan fingerprint density at radius 2 is 1.73 bits per heavy atom. The van der Waals surface area contributed by atoms with Crippen LogP contribution in [-0.4, -0.2) is 37.5 Å². The van der Waals surface area contributed by atoms with Crippen LogP contribution in [-0.2, 0) is 16.0 Å². The maximum Gasteiger partial charge on any atom is 0.309 e. The summed E-state index contributed by atoms with van der Waals surface area (Å²) in [5.74, 6) is -1.14. The first-order chi connectivity index (χ1) is 10.6. The zero-order valence-electron chi connectivity index (χ0n) is 13.4. The van der Waals surface area contributed by atoms with E-state index in [-0.39, 0.29) is 6.04 Å². The van der Waals surface area contributed by atoms with Gasteiger partial charge in [-0.25, -0.2) is 0 Å². The number of hydrogen-bond acceptors (Lipinski definition) is 3. The molecule has 0 aliphatic carbocycles. The average molecular weight is 303 g/mol.